The fourth-order valence-corrected chi connectivity index (χ4v) is 9.44. The summed E-state index contributed by atoms with van der Waals surface area (Å²) in [5, 5.41) is 13.9. The third kappa shape index (κ3) is 4.90. The molecule has 0 unspecified atom stereocenters. The van der Waals surface area contributed by atoms with Gasteiger partial charge >= 0.3 is 0 Å². The second-order valence-electron chi connectivity index (χ2n) is 15.6. The van der Waals surface area contributed by atoms with Crippen LogP contribution in [0.2, 0.25) is 0 Å². The average Bonchev–Trinajstić information content (AvgIpc) is 3.85. The standard InChI is InChI=1S/C55H32N4O/c1-2-14-34(15-3-1)53-56-54(38-27-28-40-37(29-38)26-25-33-13-6-7-18-39(33)40)58-55(57-53)44-22-12-24-49-52(44)51-43-21-9-8-19-41(43)48(32-50(51)60-49)59-46-23-11-10-20-42(46)45-30-35-16-4-5-17-36(35)31-47(45)59/h1-32H. The Morgan fingerprint density at radius 1 is 0.333 bits per heavy atom. The molecule has 0 radical (unpaired) electrons. The highest BCUT2D eigenvalue weighted by molar-refractivity contribution is 6.25. The minimum atomic E-state index is 0.591. The molecule has 0 bridgehead atoms. The van der Waals surface area contributed by atoms with Crippen LogP contribution in [0.25, 0.3) is 127 Å². The van der Waals surface area contributed by atoms with Crippen LogP contribution >= 0.6 is 0 Å². The second-order valence-corrected chi connectivity index (χ2v) is 15.6. The van der Waals surface area contributed by atoms with Crippen LogP contribution in [0.1, 0.15) is 0 Å². The molecule has 3 aromatic heterocycles. The Morgan fingerprint density at radius 3 is 1.83 bits per heavy atom. The van der Waals surface area contributed by atoms with Crippen molar-refractivity contribution in [1.82, 2.24) is 19.5 Å². The largest absolute Gasteiger partial charge is 0.456 e. The summed E-state index contributed by atoms with van der Waals surface area (Å²) < 4.78 is 9.29. The molecule has 0 amide bonds. The fraction of sp³-hybridized carbons (Fsp3) is 0. The molecule has 0 saturated heterocycles. The smallest absolute Gasteiger partial charge is 0.164 e. The maximum absolute atomic E-state index is 6.88. The first-order chi connectivity index (χ1) is 29.7. The number of rotatable bonds is 4. The van der Waals surface area contributed by atoms with E-state index in [1.54, 1.807) is 0 Å². The summed E-state index contributed by atoms with van der Waals surface area (Å²) in [6.07, 6.45) is 0. The van der Waals surface area contributed by atoms with E-state index >= 15 is 0 Å². The van der Waals surface area contributed by atoms with E-state index in [-0.39, 0.29) is 0 Å². The number of aromatic nitrogens is 4. The van der Waals surface area contributed by atoms with E-state index in [4.69, 9.17) is 19.4 Å². The monoisotopic (exact) mass is 764 g/mol. The zero-order chi connectivity index (χ0) is 39.3. The van der Waals surface area contributed by atoms with Gasteiger partial charge in [0, 0.05) is 49.7 Å². The topological polar surface area (TPSA) is 56.7 Å². The number of hydrogen-bond acceptors (Lipinski definition) is 4. The maximum atomic E-state index is 6.88. The van der Waals surface area contributed by atoms with Gasteiger partial charge < -0.3 is 8.98 Å². The molecule has 278 valence electrons. The number of para-hydroxylation sites is 1. The number of benzene rings is 10. The zero-order valence-electron chi connectivity index (χ0n) is 32.2. The lowest BCUT2D eigenvalue weighted by molar-refractivity contribution is 0.669. The van der Waals surface area contributed by atoms with Crippen LogP contribution in [0.4, 0.5) is 0 Å². The Kier molecular flexibility index (Phi) is 6.95. The van der Waals surface area contributed by atoms with Crippen molar-refractivity contribution in [2.24, 2.45) is 0 Å². The lowest BCUT2D eigenvalue weighted by atomic mass is 9.98. The summed E-state index contributed by atoms with van der Waals surface area (Å²) in [5.74, 6) is 1.82. The highest BCUT2D eigenvalue weighted by Crippen LogP contribution is 2.44. The van der Waals surface area contributed by atoms with Gasteiger partial charge in [-0.15, -0.1) is 0 Å². The average molecular weight is 765 g/mol. The first-order valence-electron chi connectivity index (χ1n) is 20.3. The Bertz CT molecular complexity index is 3900. The van der Waals surface area contributed by atoms with E-state index in [0.29, 0.717) is 17.5 Å². The molecule has 0 atom stereocenters. The van der Waals surface area contributed by atoms with Crippen LogP contribution in [-0.2, 0) is 0 Å². The number of fused-ring (bicyclic) bond motifs is 12. The summed E-state index contributed by atoms with van der Waals surface area (Å²) in [4.78, 5) is 15.6. The molecule has 5 nitrogen and oxygen atoms in total. The van der Waals surface area contributed by atoms with Gasteiger partial charge in [-0.05, 0) is 68.0 Å². The fourth-order valence-electron chi connectivity index (χ4n) is 9.44. The summed E-state index contributed by atoms with van der Waals surface area (Å²) in [6.45, 7) is 0. The molecule has 0 fully saturated rings. The molecule has 13 rings (SSSR count). The number of furan rings is 1. The highest BCUT2D eigenvalue weighted by Gasteiger charge is 2.23. The second kappa shape index (κ2) is 12.7. The van der Waals surface area contributed by atoms with E-state index < -0.39 is 0 Å². The van der Waals surface area contributed by atoms with E-state index in [9.17, 15) is 0 Å². The lowest BCUT2D eigenvalue weighted by Gasteiger charge is -2.13. The van der Waals surface area contributed by atoms with Gasteiger partial charge in [-0.3, -0.25) is 0 Å². The Morgan fingerprint density at radius 2 is 0.983 bits per heavy atom. The molecule has 13 aromatic rings. The Balaban J connectivity index is 1.06. The van der Waals surface area contributed by atoms with Gasteiger partial charge in [-0.25, -0.2) is 15.0 Å². The van der Waals surface area contributed by atoms with E-state index in [0.717, 1.165) is 71.5 Å². The van der Waals surface area contributed by atoms with Crippen LogP contribution < -0.4 is 0 Å². The minimum Gasteiger partial charge on any atom is -0.456 e. The molecular formula is C55H32N4O. The predicted octanol–water partition coefficient (Wildman–Crippen LogP) is 14.5. The summed E-state index contributed by atoms with van der Waals surface area (Å²) in [6, 6.07) is 68.6. The first-order valence-corrected chi connectivity index (χ1v) is 20.3. The Labute approximate surface area is 343 Å². The van der Waals surface area contributed by atoms with Gasteiger partial charge in [0.1, 0.15) is 11.2 Å². The third-order valence-electron chi connectivity index (χ3n) is 12.2. The van der Waals surface area contributed by atoms with Crippen LogP contribution in [0, 0.1) is 0 Å². The number of hydrogen-bond donors (Lipinski definition) is 0. The van der Waals surface area contributed by atoms with Crippen LogP contribution in [0.3, 0.4) is 0 Å². The first kappa shape index (κ1) is 32.9. The van der Waals surface area contributed by atoms with Crippen LogP contribution in [0.5, 0.6) is 0 Å². The van der Waals surface area contributed by atoms with E-state index in [1.165, 1.54) is 37.7 Å². The van der Waals surface area contributed by atoms with Gasteiger partial charge in [0.2, 0.25) is 0 Å². The summed E-state index contributed by atoms with van der Waals surface area (Å²) >= 11 is 0. The molecule has 0 spiro atoms. The van der Waals surface area contributed by atoms with Crippen LogP contribution in [-0.4, -0.2) is 19.5 Å². The predicted molar refractivity (Wildman–Crippen MR) is 248 cm³/mol. The van der Waals surface area contributed by atoms with E-state index in [2.05, 4.69) is 168 Å². The quantitative estimate of drug-likeness (QED) is 0.167. The van der Waals surface area contributed by atoms with Crippen molar-refractivity contribution < 1.29 is 4.42 Å². The van der Waals surface area contributed by atoms with Gasteiger partial charge in [0.05, 0.1) is 16.7 Å². The van der Waals surface area contributed by atoms with Crippen LogP contribution in [0.15, 0.2) is 199 Å². The Hall–Kier alpha value is -8.15. The van der Waals surface area contributed by atoms with Gasteiger partial charge in [0.15, 0.2) is 17.5 Å². The van der Waals surface area contributed by atoms with Crippen molar-refractivity contribution in [2.45, 2.75) is 0 Å². The SMILES string of the molecule is c1ccc(-c2nc(-c3ccc4c(ccc5ccccc54)c3)nc(-c3cccc4oc5cc(-n6c7ccccc7c7cc8ccccc8cc76)c6ccccc6c5c34)n2)cc1. The van der Waals surface area contributed by atoms with Gasteiger partial charge in [-0.2, -0.15) is 0 Å². The van der Waals surface area contributed by atoms with Crippen molar-refractivity contribution in [2.75, 3.05) is 0 Å². The van der Waals surface area contributed by atoms with Crippen molar-refractivity contribution in [3.8, 4) is 39.9 Å². The van der Waals surface area contributed by atoms with E-state index in [1.807, 2.05) is 30.3 Å². The summed E-state index contributed by atoms with van der Waals surface area (Å²) in [7, 11) is 0. The van der Waals surface area contributed by atoms with Crippen molar-refractivity contribution in [3.63, 3.8) is 0 Å². The molecular weight excluding hydrogens is 733 g/mol. The molecule has 60 heavy (non-hydrogen) atoms. The lowest BCUT2D eigenvalue weighted by Crippen LogP contribution is -2.00. The van der Waals surface area contributed by atoms with Crippen molar-refractivity contribution in [1.29, 1.82) is 0 Å². The molecule has 0 saturated carbocycles. The van der Waals surface area contributed by atoms with Gasteiger partial charge in [0.25, 0.3) is 0 Å². The zero-order valence-corrected chi connectivity index (χ0v) is 32.2. The van der Waals surface area contributed by atoms with Crippen molar-refractivity contribution in [3.05, 3.63) is 194 Å². The molecule has 0 aliphatic carbocycles. The molecule has 0 aliphatic heterocycles. The summed E-state index contributed by atoms with van der Waals surface area (Å²) in [5.41, 5.74) is 7.69. The normalized spacial score (nSPS) is 12.0. The molecule has 10 aromatic carbocycles. The number of nitrogens with zero attached hydrogens (tertiary/aromatic N) is 4. The molecule has 5 heteroatoms. The maximum Gasteiger partial charge on any atom is 0.164 e. The third-order valence-corrected chi connectivity index (χ3v) is 12.2. The van der Waals surface area contributed by atoms with Gasteiger partial charge in [-0.1, -0.05) is 158 Å². The highest BCUT2D eigenvalue weighted by atomic mass is 16.3. The minimum absolute atomic E-state index is 0.591. The molecule has 3 heterocycles. The molecule has 0 N–H and O–H groups in total. The molecule has 0 aliphatic rings. The van der Waals surface area contributed by atoms with Crippen molar-refractivity contribution >= 4 is 86.8 Å².